The third-order valence-electron chi connectivity index (χ3n) is 4.75. The molecule has 0 saturated heterocycles. The number of non-ortho nitro benzene ring substituents is 2. The van der Waals surface area contributed by atoms with Crippen molar-refractivity contribution in [3.05, 3.63) is 93.3 Å². The average molecular weight is 404 g/mol. The van der Waals surface area contributed by atoms with Gasteiger partial charge < -0.3 is 9.55 Å². The molecule has 4 aromatic rings. The number of hydrogen-bond donors (Lipinski definition) is 1. The molecule has 2 aromatic heterocycles. The molecule has 0 aliphatic heterocycles. The van der Waals surface area contributed by atoms with Crippen molar-refractivity contribution in [3.63, 3.8) is 0 Å². The zero-order chi connectivity index (χ0) is 21.8. The summed E-state index contributed by atoms with van der Waals surface area (Å²) in [4.78, 5) is 23.6. The minimum Gasteiger partial charge on any atom is -0.361 e. The van der Waals surface area contributed by atoms with Gasteiger partial charge in [-0.25, -0.2) is 0 Å². The summed E-state index contributed by atoms with van der Waals surface area (Å²) in [6.45, 7) is 10.2. The van der Waals surface area contributed by atoms with E-state index < -0.39 is 4.92 Å². The number of nitrogens with one attached hydrogen (secondary N) is 1. The number of aromatic amines is 1. The van der Waals surface area contributed by atoms with Crippen LogP contribution in [0.4, 0.5) is 11.4 Å². The van der Waals surface area contributed by atoms with Crippen molar-refractivity contribution in [2.24, 2.45) is 0 Å². The predicted octanol–water partition coefficient (Wildman–Crippen LogP) is 5.93. The molecule has 0 bridgehead atoms. The maximum Gasteiger partial charge on any atom is 0.270 e. The third-order valence-corrected chi connectivity index (χ3v) is 4.75. The highest BCUT2D eigenvalue weighted by molar-refractivity contribution is 5.91. The molecule has 0 radical (unpaired) electrons. The first-order valence-electron chi connectivity index (χ1n) is 9.17. The van der Waals surface area contributed by atoms with E-state index in [1.54, 1.807) is 42.6 Å². The Bertz CT molecular complexity index is 1280. The number of fused-ring (bicyclic) bond motifs is 2. The smallest absolute Gasteiger partial charge is 0.270 e. The summed E-state index contributed by atoms with van der Waals surface area (Å²) in [6, 6.07) is 9.88. The minimum atomic E-state index is -0.403. The molecule has 0 spiro atoms. The first kappa shape index (κ1) is 20.5. The van der Waals surface area contributed by atoms with Crippen molar-refractivity contribution < 1.29 is 9.85 Å². The van der Waals surface area contributed by atoms with Crippen molar-refractivity contribution in [3.8, 4) is 0 Å². The molecule has 1 N–H and O–H groups in total. The number of aromatic nitrogens is 2. The molecular weight excluding hydrogens is 384 g/mol. The van der Waals surface area contributed by atoms with Crippen LogP contribution in [0.3, 0.4) is 0 Å². The number of benzene rings is 2. The van der Waals surface area contributed by atoms with Crippen molar-refractivity contribution >= 4 is 45.3 Å². The van der Waals surface area contributed by atoms with Gasteiger partial charge >= 0.3 is 0 Å². The van der Waals surface area contributed by atoms with Crippen LogP contribution < -0.4 is 0 Å². The summed E-state index contributed by atoms with van der Waals surface area (Å²) in [6.07, 6.45) is 6.94. The molecule has 2 aromatic carbocycles. The van der Waals surface area contributed by atoms with E-state index in [-0.39, 0.29) is 16.3 Å². The Morgan fingerprint density at radius 2 is 1.57 bits per heavy atom. The lowest BCUT2D eigenvalue weighted by Crippen LogP contribution is -1.94. The van der Waals surface area contributed by atoms with Gasteiger partial charge in [-0.15, -0.1) is 0 Å². The van der Waals surface area contributed by atoms with Crippen molar-refractivity contribution in [2.75, 3.05) is 0 Å². The maximum absolute atomic E-state index is 10.8. The van der Waals surface area contributed by atoms with Crippen LogP contribution in [0, 0.1) is 20.2 Å². The second-order valence-electron chi connectivity index (χ2n) is 6.47. The van der Waals surface area contributed by atoms with Crippen molar-refractivity contribution in [2.45, 2.75) is 13.5 Å². The number of nitro groups is 2. The number of nitrogens with zero attached hydrogens (tertiary/aromatic N) is 3. The quantitative estimate of drug-likeness (QED) is 0.328. The van der Waals surface area contributed by atoms with Crippen LogP contribution in [-0.4, -0.2) is 19.4 Å². The topological polar surface area (TPSA) is 107 Å². The van der Waals surface area contributed by atoms with Crippen LogP contribution in [0.25, 0.3) is 34.0 Å². The van der Waals surface area contributed by atoms with E-state index in [1.807, 2.05) is 19.2 Å². The molecule has 8 nitrogen and oxygen atoms in total. The molecule has 0 aliphatic rings. The van der Waals surface area contributed by atoms with E-state index in [0.717, 1.165) is 39.5 Å². The fourth-order valence-corrected chi connectivity index (χ4v) is 3.34. The number of nitro benzene ring substituents is 2. The van der Waals surface area contributed by atoms with E-state index in [0.29, 0.717) is 0 Å². The van der Waals surface area contributed by atoms with Gasteiger partial charge in [-0.1, -0.05) is 25.3 Å². The van der Waals surface area contributed by atoms with Crippen molar-refractivity contribution in [1.29, 1.82) is 0 Å². The van der Waals surface area contributed by atoms with Gasteiger partial charge in [0.05, 0.1) is 20.9 Å². The third kappa shape index (κ3) is 3.83. The molecule has 2 heterocycles. The molecule has 30 heavy (non-hydrogen) atoms. The van der Waals surface area contributed by atoms with Gasteiger partial charge in [0.1, 0.15) is 0 Å². The summed E-state index contributed by atoms with van der Waals surface area (Å²) in [5.41, 5.74) is 3.63. The molecule has 152 valence electrons. The molecule has 0 amide bonds. The van der Waals surface area contributed by atoms with Crippen molar-refractivity contribution in [1.82, 2.24) is 9.55 Å². The van der Waals surface area contributed by atoms with Crippen LogP contribution >= 0.6 is 0 Å². The lowest BCUT2D eigenvalue weighted by atomic mass is 10.1. The zero-order valence-electron chi connectivity index (χ0n) is 16.4. The monoisotopic (exact) mass is 404 g/mol. The molecular formula is C22H20N4O4. The molecule has 8 heteroatoms. The molecule has 0 fully saturated rings. The number of rotatable bonds is 5. The Kier molecular flexibility index (Phi) is 5.78. The Morgan fingerprint density at radius 1 is 0.967 bits per heavy atom. The predicted molar refractivity (Wildman–Crippen MR) is 119 cm³/mol. The summed E-state index contributed by atoms with van der Waals surface area (Å²) < 4.78 is 2.05. The Hall–Kier alpha value is -4.20. The van der Waals surface area contributed by atoms with Crippen LogP contribution in [0.5, 0.6) is 0 Å². The first-order valence-corrected chi connectivity index (χ1v) is 9.17. The highest BCUT2D eigenvalue weighted by Crippen LogP contribution is 2.27. The van der Waals surface area contributed by atoms with E-state index in [9.17, 15) is 20.2 Å². The second-order valence-corrected chi connectivity index (χ2v) is 6.47. The SMILES string of the molecule is C=Cc1cc([N+](=O)[O-])cc2cc[nH]c12.C=Cc1cc([N+](=O)[O-])cc2ccn(CC)c12. The van der Waals surface area contributed by atoms with Crippen LogP contribution in [-0.2, 0) is 6.54 Å². The largest absolute Gasteiger partial charge is 0.361 e. The zero-order valence-corrected chi connectivity index (χ0v) is 16.4. The molecule has 0 aliphatic carbocycles. The summed E-state index contributed by atoms with van der Waals surface area (Å²) in [5.74, 6) is 0. The van der Waals surface area contributed by atoms with Gasteiger partial charge in [-0.2, -0.15) is 0 Å². The normalized spacial score (nSPS) is 10.4. The number of hydrogen-bond acceptors (Lipinski definition) is 4. The molecule has 0 unspecified atom stereocenters. The highest BCUT2D eigenvalue weighted by Gasteiger charge is 2.12. The van der Waals surface area contributed by atoms with E-state index in [1.165, 1.54) is 6.07 Å². The summed E-state index contributed by atoms with van der Waals surface area (Å²) in [7, 11) is 0. The second kappa shape index (κ2) is 8.44. The Labute approximate surface area is 172 Å². The Balaban J connectivity index is 0.000000172. The van der Waals surface area contributed by atoms with E-state index in [4.69, 9.17) is 0 Å². The lowest BCUT2D eigenvalue weighted by Gasteiger charge is -2.04. The Morgan fingerprint density at radius 3 is 2.13 bits per heavy atom. The van der Waals surface area contributed by atoms with Crippen LogP contribution in [0.15, 0.2) is 61.9 Å². The summed E-state index contributed by atoms with van der Waals surface area (Å²) >= 11 is 0. The van der Waals surface area contributed by atoms with Gasteiger partial charge in [-0.05, 0) is 19.1 Å². The molecule has 0 saturated carbocycles. The van der Waals surface area contributed by atoms with Gasteiger partial charge in [-0.3, -0.25) is 20.2 Å². The highest BCUT2D eigenvalue weighted by atomic mass is 16.6. The van der Waals surface area contributed by atoms with Gasteiger partial charge in [0, 0.05) is 65.1 Å². The molecule has 4 rings (SSSR count). The molecule has 0 atom stereocenters. The maximum atomic E-state index is 10.8. The van der Waals surface area contributed by atoms with Crippen LogP contribution in [0.1, 0.15) is 18.1 Å². The first-order chi connectivity index (χ1) is 14.4. The number of aryl methyl sites for hydroxylation is 1. The fraction of sp³-hybridized carbons (Fsp3) is 0.0909. The van der Waals surface area contributed by atoms with Crippen LogP contribution in [0.2, 0.25) is 0 Å². The average Bonchev–Trinajstić information content (AvgIpc) is 3.39. The summed E-state index contributed by atoms with van der Waals surface area (Å²) in [5, 5.41) is 23.1. The van der Waals surface area contributed by atoms with Gasteiger partial charge in [0.2, 0.25) is 0 Å². The van der Waals surface area contributed by atoms with Gasteiger partial charge in [0.25, 0.3) is 11.4 Å². The van der Waals surface area contributed by atoms with Gasteiger partial charge in [0.15, 0.2) is 0 Å². The van der Waals surface area contributed by atoms with E-state index >= 15 is 0 Å². The lowest BCUT2D eigenvalue weighted by molar-refractivity contribution is -0.384. The standard InChI is InChI=1S/C12H12N2O2.C10H8N2O2/c1-3-9-7-11(14(15)16)8-10-5-6-13(4-2)12(9)10;1-2-7-5-9(12(13)14)6-8-3-4-11-10(7)8/h3,5-8H,1,4H2,2H3;2-6,11H,1H2. The minimum absolute atomic E-state index is 0.0898. The number of H-pyrrole nitrogens is 1. The fourth-order valence-electron chi connectivity index (χ4n) is 3.34. The van der Waals surface area contributed by atoms with E-state index in [2.05, 4.69) is 22.7 Å².